The number of aryl methyl sites for hydroxylation is 1. The molecule has 1 aliphatic heterocycles. The third kappa shape index (κ3) is 3.86. The van der Waals surface area contributed by atoms with Crippen LogP contribution in [0.5, 0.6) is 5.75 Å². The van der Waals surface area contributed by atoms with Gasteiger partial charge in [-0.1, -0.05) is 12.1 Å². The summed E-state index contributed by atoms with van der Waals surface area (Å²) in [6, 6.07) is 8.40. The van der Waals surface area contributed by atoms with Gasteiger partial charge in [0.25, 0.3) is 0 Å². The van der Waals surface area contributed by atoms with Gasteiger partial charge in [0.05, 0.1) is 7.11 Å². The molecule has 2 N–H and O–H groups in total. The number of ether oxygens (including phenoxy) is 1. The first-order valence-corrected chi connectivity index (χ1v) is 8.77. The van der Waals surface area contributed by atoms with Crippen LogP contribution < -0.4 is 15.4 Å². The smallest absolute Gasteiger partial charge is 0.223 e. The molecule has 2 atom stereocenters. The Kier molecular flexibility index (Phi) is 4.90. The van der Waals surface area contributed by atoms with Gasteiger partial charge in [-0.25, -0.2) is 0 Å². The topological polar surface area (TPSA) is 50.4 Å². The lowest BCUT2D eigenvalue weighted by molar-refractivity contribution is -0.123. The lowest BCUT2D eigenvalue weighted by Crippen LogP contribution is -2.37. The largest absolute Gasteiger partial charge is 0.497 e. The molecule has 4 nitrogen and oxygen atoms in total. The second kappa shape index (κ2) is 6.91. The van der Waals surface area contributed by atoms with Gasteiger partial charge in [0.15, 0.2) is 0 Å². The van der Waals surface area contributed by atoms with E-state index in [1.165, 1.54) is 5.56 Å². The van der Waals surface area contributed by atoms with Gasteiger partial charge in [-0.3, -0.25) is 4.79 Å². The first kappa shape index (κ1) is 16.3. The second-order valence-corrected chi connectivity index (χ2v) is 7.17. The highest BCUT2D eigenvalue weighted by molar-refractivity contribution is 5.82. The highest BCUT2D eigenvalue weighted by Gasteiger charge is 2.57. The van der Waals surface area contributed by atoms with Gasteiger partial charge in [0.2, 0.25) is 5.91 Å². The molecule has 1 amide bonds. The summed E-state index contributed by atoms with van der Waals surface area (Å²) in [4.78, 5) is 12.4. The minimum Gasteiger partial charge on any atom is -0.497 e. The van der Waals surface area contributed by atoms with E-state index in [1.807, 2.05) is 12.1 Å². The third-order valence-electron chi connectivity index (χ3n) is 5.52. The zero-order valence-electron chi connectivity index (χ0n) is 14.2. The number of carbonyl (C=O) groups excluding carboxylic acids is 1. The molecule has 1 aliphatic carbocycles. The van der Waals surface area contributed by atoms with Crippen molar-refractivity contribution in [1.29, 1.82) is 0 Å². The zero-order chi connectivity index (χ0) is 16.3. The highest BCUT2D eigenvalue weighted by atomic mass is 16.5. The van der Waals surface area contributed by atoms with E-state index >= 15 is 0 Å². The number of benzene rings is 1. The fraction of sp³-hybridized carbons (Fsp3) is 0.632. The average Bonchev–Trinajstić information content (AvgIpc) is 3.27. The van der Waals surface area contributed by atoms with Crippen molar-refractivity contribution in [3.8, 4) is 5.75 Å². The maximum Gasteiger partial charge on any atom is 0.223 e. The summed E-state index contributed by atoms with van der Waals surface area (Å²) in [7, 11) is 1.68. The van der Waals surface area contributed by atoms with Gasteiger partial charge in [0.1, 0.15) is 5.75 Å². The summed E-state index contributed by atoms with van der Waals surface area (Å²) < 4.78 is 5.17. The van der Waals surface area contributed by atoms with Crippen molar-refractivity contribution >= 4 is 5.91 Å². The van der Waals surface area contributed by atoms with E-state index < -0.39 is 0 Å². The number of nitrogens with one attached hydrogen (secondary N) is 2. The molecule has 23 heavy (non-hydrogen) atoms. The Balaban J connectivity index is 1.42. The number of carbonyl (C=O) groups is 1. The number of rotatable bonds is 6. The van der Waals surface area contributed by atoms with E-state index in [4.69, 9.17) is 4.74 Å². The Hall–Kier alpha value is -1.55. The van der Waals surface area contributed by atoms with Crippen molar-refractivity contribution in [2.24, 2.45) is 11.3 Å². The molecule has 126 valence electrons. The predicted molar refractivity (Wildman–Crippen MR) is 91.6 cm³/mol. The minimum atomic E-state index is 0.226. The van der Waals surface area contributed by atoms with Crippen LogP contribution in [0.1, 0.15) is 38.2 Å². The van der Waals surface area contributed by atoms with Crippen molar-refractivity contribution < 1.29 is 9.53 Å². The molecule has 1 aromatic rings. The first-order chi connectivity index (χ1) is 11.1. The summed E-state index contributed by atoms with van der Waals surface area (Å²) in [5.41, 5.74) is 1.61. The highest BCUT2D eigenvalue weighted by Crippen LogP contribution is 2.58. The van der Waals surface area contributed by atoms with Gasteiger partial charge in [-0.15, -0.1) is 0 Å². The van der Waals surface area contributed by atoms with E-state index in [1.54, 1.807) is 7.11 Å². The molecule has 4 heteroatoms. The lowest BCUT2D eigenvalue weighted by Gasteiger charge is -2.23. The normalized spacial score (nSPS) is 23.3. The standard InChI is InChI=1S/C19H28N2O2/c1-14(3-4-15-5-7-16(23-2)8-6-15)21-18(22)17-13-19(17)9-11-20-12-10-19/h5-8,14,17,20H,3-4,9-13H2,1-2H3,(H,21,22). The van der Waals surface area contributed by atoms with Crippen molar-refractivity contribution in [3.63, 3.8) is 0 Å². The van der Waals surface area contributed by atoms with Crippen LogP contribution in [-0.2, 0) is 11.2 Å². The number of hydrogen-bond acceptors (Lipinski definition) is 3. The summed E-state index contributed by atoms with van der Waals surface area (Å²) >= 11 is 0. The molecule has 1 saturated carbocycles. The maximum absolute atomic E-state index is 12.4. The van der Waals surface area contributed by atoms with Crippen LogP contribution in [0, 0.1) is 11.3 Å². The van der Waals surface area contributed by atoms with E-state index in [-0.39, 0.29) is 17.9 Å². The predicted octanol–water partition coefficient (Wildman–Crippen LogP) is 2.52. The number of piperidine rings is 1. The summed E-state index contributed by atoms with van der Waals surface area (Å²) in [6.07, 6.45) is 5.35. The van der Waals surface area contributed by atoms with Crippen LogP contribution in [0.15, 0.2) is 24.3 Å². The number of amides is 1. The summed E-state index contributed by atoms with van der Waals surface area (Å²) in [5, 5.41) is 6.61. The quantitative estimate of drug-likeness (QED) is 0.848. The van der Waals surface area contributed by atoms with E-state index in [0.717, 1.165) is 50.9 Å². The van der Waals surface area contributed by atoms with Gasteiger partial charge in [-0.2, -0.15) is 0 Å². The third-order valence-corrected chi connectivity index (χ3v) is 5.52. The molecule has 1 aromatic carbocycles. The van der Waals surface area contributed by atoms with Crippen molar-refractivity contribution in [3.05, 3.63) is 29.8 Å². The summed E-state index contributed by atoms with van der Waals surface area (Å²) in [6.45, 7) is 4.24. The van der Waals surface area contributed by atoms with E-state index in [2.05, 4.69) is 29.7 Å². The van der Waals surface area contributed by atoms with Crippen LogP contribution in [-0.4, -0.2) is 32.1 Å². The Morgan fingerprint density at radius 3 is 2.70 bits per heavy atom. The van der Waals surface area contributed by atoms with E-state index in [9.17, 15) is 4.79 Å². The zero-order valence-corrected chi connectivity index (χ0v) is 14.2. The molecule has 2 aliphatic rings. The summed E-state index contributed by atoms with van der Waals surface area (Å²) in [5.74, 6) is 1.42. The minimum absolute atomic E-state index is 0.226. The van der Waals surface area contributed by atoms with Crippen molar-refractivity contribution in [2.75, 3.05) is 20.2 Å². The molecule has 0 bridgehead atoms. The average molecular weight is 316 g/mol. The van der Waals surface area contributed by atoms with Crippen LogP contribution in [0.2, 0.25) is 0 Å². The molecule has 3 rings (SSSR count). The fourth-order valence-electron chi connectivity index (χ4n) is 3.79. The number of methoxy groups -OCH3 is 1. The molecule has 2 unspecified atom stereocenters. The Bertz CT molecular complexity index is 535. The first-order valence-electron chi connectivity index (χ1n) is 8.77. The molecule has 1 spiro atoms. The monoisotopic (exact) mass is 316 g/mol. The van der Waals surface area contributed by atoms with Gasteiger partial charge < -0.3 is 15.4 Å². The molecule has 1 heterocycles. The van der Waals surface area contributed by atoms with Crippen LogP contribution >= 0.6 is 0 Å². The van der Waals surface area contributed by atoms with E-state index in [0.29, 0.717) is 5.41 Å². The number of hydrogen-bond donors (Lipinski definition) is 2. The Morgan fingerprint density at radius 1 is 1.35 bits per heavy atom. The Labute approximate surface area is 139 Å². The van der Waals surface area contributed by atoms with Crippen LogP contribution in [0.4, 0.5) is 0 Å². The van der Waals surface area contributed by atoms with Crippen molar-refractivity contribution in [2.45, 2.75) is 45.1 Å². The Morgan fingerprint density at radius 2 is 2.04 bits per heavy atom. The van der Waals surface area contributed by atoms with Gasteiger partial charge in [0, 0.05) is 12.0 Å². The molecule has 0 aromatic heterocycles. The fourth-order valence-corrected chi connectivity index (χ4v) is 3.79. The van der Waals surface area contributed by atoms with Crippen LogP contribution in [0.25, 0.3) is 0 Å². The maximum atomic E-state index is 12.4. The van der Waals surface area contributed by atoms with Crippen molar-refractivity contribution in [1.82, 2.24) is 10.6 Å². The van der Waals surface area contributed by atoms with Gasteiger partial charge in [-0.05, 0) is 75.2 Å². The molecular weight excluding hydrogens is 288 g/mol. The van der Waals surface area contributed by atoms with Gasteiger partial charge >= 0.3 is 0 Å². The molecular formula is C19H28N2O2. The second-order valence-electron chi connectivity index (χ2n) is 7.17. The molecule has 2 fully saturated rings. The lowest BCUT2D eigenvalue weighted by atomic mass is 9.91. The molecule has 1 saturated heterocycles. The molecule has 0 radical (unpaired) electrons. The van der Waals surface area contributed by atoms with Crippen LogP contribution in [0.3, 0.4) is 0 Å². The SMILES string of the molecule is COc1ccc(CCC(C)NC(=O)C2CC23CCNCC3)cc1.